The SMILES string of the molecule is CCCCN(CC)c1cc(F)c(I)cc1N. The minimum Gasteiger partial charge on any atom is -0.397 e. The van der Waals surface area contributed by atoms with Crippen LogP contribution in [0, 0.1) is 9.39 Å². The highest BCUT2D eigenvalue weighted by Crippen LogP contribution is 2.27. The molecule has 0 saturated carbocycles. The number of hydrogen-bond acceptors (Lipinski definition) is 2. The smallest absolute Gasteiger partial charge is 0.138 e. The van der Waals surface area contributed by atoms with Gasteiger partial charge >= 0.3 is 0 Å². The van der Waals surface area contributed by atoms with Crippen LogP contribution < -0.4 is 10.6 Å². The molecule has 0 spiro atoms. The molecule has 0 aliphatic rings. The number of nitrogens with zero attached hydrogens (tertiary/aromatic N) is 1. The van der Waals surface area contributed by atoms with Gasteiger partial charge in [0.05, 0.1) is 14.9 Å². The molecule has 0 unspecified atom stereocenters. The maximum Gasteiger partial charge on any atom is 0.138 e. The summed E-state index contributed by atoms with van der Waals surface area (Å²) in [6.45, 7) is 5.98. The number of halogens is 2. The number of nitrogens with two attached hydrogens (primary N) is 1. The minimum atomic E-state index is -0.195. The van der Waals surface area contributed by atoms with Crippen molar-refractivity contribution in [1.29, 1.82) is 0 Å². The van der Waals surface area contributed by atoms with Crippen LogP contribution in [0.2, 0.25) is 0 Å². The molecule has 16 heavy (non-hydrogen) atoms. The van der Waals surface area contributed by atoms with E-state index < -0.39 is 0 Å². The molecule has 0 heterocycles. The van der Waals surface area contributed by atoms with Crippen molar-refractivity contribution in [2.75, 3.05) is 23.7 Å². The van der Waals surface area contributed by atoms with E-state index in [2.05, 4.69) is 18.7 Å². The molecule has 0 aliphatic heterocycles. The van der Waals surface area contributed by atoms with Gasteiger partial charge in [0, 0.05) is 19.2 Å². The average Bonchev–Trinajstić information content (AvgIpc) is 2.26. The van der Waals surface area contributed by atoms with Gasteiger partial charge in [-0.2, -0.15) is 0 Å². The van der Waals surface area contributed by atoms with E-state index in [1.807, 2.05) is 22.6 Å². The lowest BCUT2D eigenvalue weighted by atomic mass is 10.2. The standard InChI is InChI=1S/C12H18FIN2/c1-3-5-6-16(4-2)12-7-9(13)10(14)8-11(12)15/h7-8H,3-6,15H2,1-2H3. The van der Waals surface area contributed by atoms with Gasteiger partial charge in [-0.3, -0.25) is 0 Å². The van der Waals surface area contributed by atoms with Crippen molar-refractivity contribution in [1.82, 2.24) is 0 Å². The molecule has 2 N–H and O–H groups in total. The van der Waals surface area contributed by atoms with Gasteiger partial charge in [-0.25, -0.2) is 4.39 Å². The van der Waals surface area contributed by atoms with Gasteiger partial charge in [-0.1, -0.05) is 13.3 Å². The fourth-order valence-electron chi connectivity index (χ4n) is 1.62. The maximum absolute atomic E-state index is 13.5. The molecular weight excluding hydrogens is 318 g/mol. The zero-order valence-electron chi connectivity index (χ0n) is 9.76. The highest BCUT2D eigenvalue weighted by Gasteiger charge is 2.11. The molecule has 1 aromatic carbocycles. The van der Waals surface area contributed by atoms with Gasteiger partial charge in [-0.15, -0.1) is 0 Å². The highest BCUT2D eigenvalue weighted by molar-refractivity contribution is 14.1. The fourth-order valence-corrected chi connectivity index (χ4v) is 2.11. The van der Waals surface area contributed by atoms with E-state index in [-0.39, 0.29) is 5.82 Å². The van der Waals surface area contributed by atoms with Crippen molar-refractivity contribution in [3.05, 3.63) is 21.5 Å². The molecule has 0 aromatic heterocycles. The lowest BCUT2D eigenvalue weighted by Crippen LogP contribution is -2.25. The van der Waals surface area contributed by atoms with Gasteiger partial charge < -0.3 is 10.6 Å². The number of anilines is 2. The molecule has 1 rings (SSSR count). The van der Waals surface area contributed by atoms with E-state index in [0.29, 0.717) is 9.26 Å². The first-order chi connectivity index (χ1) is 7.60. The van der Waals surface area contributed by atoms with Crippen molar-refractivity contribution in [2.45, 2.75) is 26.7 Å². The van der Waals surface area contributed by atoms with Gasteiger partial charge in [0.15, 0.2) is 0 Å². The van der Waals surface area contributed by atoms with Crippen LogP contribution in [0.1, 0.15) is 26.7 Å². The lowest BCUT2D eigenvalue weighted by molar-refractivity contribution is 0.618. The quantitative estimate of drug-likeness (QED) is 0.657. The summed E-state index contributed by atoms with van der Waals surface area (Å²) in [7, 11) is 0. The second-order valence-corrected chi connectivity index (χ2v) is 4.92. The number of hydrogen-bond donors (Lipinski definition) is 1. The van der Waals surface area contributed by atoms with E-state index in [1.165, 1.54) is 6.07 Å². The third-order valence-corrected chi connectivity index (χ3v) is 3.40. The fraction of sp³-hybridized carbons (Fsp3) is 0.500. The van der Waals surface area contributed by atoms with Crippen molar-refractivity contribution >= 4 is 34.0 Å². The molecule has 90 valence electrons. The predicted octanol–water partition coefficient (Wildman–Crippen LogP) is 3.64. The molecule has 0 saturated heterocycles. The minimum absolute atomic E-state index is 0.195. The third-order valence-electron chi connectivity index (χ3n) is 2.57. The monoisotopic (exact) mass is 336 g/mol. The first kappa shape index (κ1) is 13.5. The molecule has 0 bridgehead atoms. The van der Waals surface area contributed by atoms with Crippen LogP contribution in [0.25, 0.3) is 0 Å². The van der Waals surface area contributed by atoms with Crippen LogP contribution >= 0.6 is 22.6 Å². The van der Waals surface area contributed by atoms with E-state index in [0.717, 1.165) is 31.6 Å². The summed E-state index contributed by atoms with van der Waals surface area (Å²) in [6.07, 6.45) is 2.23. The zero-order valence-corrected chi connectivity index (χ0v) is 11.9. The maximum atomic E-state index is 13.5. The lowest BCUT2D eigenvalue weighted by Gasteiger charge is -2.24. The van der Waals surface area contributed by atoms with Crippen LogP contribution in [0.3, 0.4) is 0 Å². The molecule has 4 heteroatoms. The predicted molar refractivity (Wildman–Crippen MR) is 76.3 cm³/mol. The molecule has 1 aromatic rings. The Morgan fingerprint density at radius 3 is 2.62 bits per heavy atom. The molecule has 2 nitrogen and oxygen atoms in total. The molecule has 0 amide bonds. The molecular formula is C12H18FIN2. The topological polar surface area (TPSA) is 29.3 Å². The Morgan fingerprint density at radius 1 is 1.38 bits per heavy atom. The van der Waals surface area contributed by atoms with E-state index in [1.54, 1.807) is 6.07 Å². The summed E-state index contributed by atoms with van der Waals surface area (Å²) in [5.41, 5.74) is 7.40. The normalized spacial score (nSPS) is 10.5. The Bertz CT molecular complexity index is 355. The Labute approximate surface area is 110 Å². The summed E-state index contributed by atoms with van der Waals surface area (Å²) in [5, 5.41) is 0. The number of nitrogen functional groups attached to an aromatic ring is 1. The van der Waals surface area contributed by atoms with Crippen LogP contribution in [0.4, 0.5) is 15.8 Å². The van der Waals surface area contributed by atoms with Gasteiger partial charge in [0.2, 0.25) is 0 Å². The largest absolute Gasteiger partial charge is 0.397 e. The first-order valence-corrected chi connectivity index (χ1v) is 6.67. The first-order valence-electron chi connectivity index (χ1n) is 5.59. The van der Waals surface area contributed by atoms with Crippen molar-refractivity contribution in [3.63, 3.8) is 0 Å². The Kier molecular flexibility index (Phi) is 5.31. The number of rotatable bonds is 5. The second-order valence-electron chi connectivity index (χ2n) is 3.76. The summed E-state index contributed by atoms with van der Waals surface area (Å²) >= 11 is 1.96. The Morgan fingerprint density at radius 2 is 2.06 bits per heavy atom. The van der Waals surface area contributed by atoms with Crippen LogP contribution in [-0.2, 0) is 0 Å². The van der Waals surface area contributed by atoms with Gasteiger partial charge in [-0.05, 0) is 42.0 Å². The molecule has 0 fully saturated rings. The van der Waals surface area contributed by atoms with Gasteiger partial charge in [0.25, 0.3) is 0 Å². The summed E-state index contributed by atoms with van der Waals surface area (Å²) in [4.78, 5) is 2.12. The van der Waals surface area contributed by atoms with Crippen molar-refractivity contribution in [3.8, 4) is 0 Å². The van der Waals surface area contributed by atoms with Gasteiger partial charge in [0.1, 0.15) is 5.82 Å². The van der Waals surface area contributed by atoms with Crippen LogP contribution in [0.5, 0.6) is 0 Å². The van der Waals surface area contributed by atoms with Crippen molar-refractivity contribution in [2.24, 2.45) is 0 Å². The van der Waals surface area contributed by atoms with Crippen LogP contribution in [0.15, 0.2) is 12.1 Å². The molecule has 0 radical (unpaired) electrons. The Hall–Kier alpha value is -0.520. The van der Waals surface area contributed by atoms with E-state index in [4.69, 9.17) is 5.73 Å². The number of benzene rings is 1. The van der Waals surface area contributed by atoms with Crippen molar-refractivity contribution < 1.29 is 4.39 Å². The third kappa shape index (κ3) is 3.23. The summed E-state index contributed by atoms with van der Waals surface area (Å²) in [6, 6.07) is 3.23. The zero-order chi connectivity index (χ0) is 12.1. The van der Waals surface area contributed by atoms with Crippen LogP contribution in [-0.4, -0.2) is 13.1 Å². The average molecular weight is 336 g/mol. The molecule has 0 atom stereocenters. The Balaban J connectivity index is 2.95. The number of unbranched alkanes of at least 4 members (excludes halogenated alkanes) is 1. The highest BCUT2D eigenvalue weighted by atomic mass is 127. The summed E-state index contributed by atoms with van der Waals surface area (Å²) in [5.74, 6) is -0.195. The second kappa shape index (κ2) is 6.27. The van der Waals surface area contributed by atoms with E-state index >= 15 is 0 Å². The summed E-state index contributed by atoms with van der Waals surface area (Å²) < 4.78 is 14.1. The molecule has 0 aliphatic carbocycles. The van der Waals surface area contributed by atoms with E-state index in [9.17, 15) is 4.39 Å².